The molecule has 0 aliphatic carbocycles. The Kier molecular flexibility index (Phi) is 14.6. The molecule has 1 aliphatic heterocycles. The third kappa shape index (κ3) is 14.0. The number of rotatable bonds is 16. The van der Waals surface area contributed by atoms with E-state index in [4.69, 9.17) is 4.74 Å². The molecule has 4 nitrogen and oxygen atoms in total. The van der Waals surface area contributed by atoms with Crippen molar-refractivity contribution < 1.29 is 9.13 Å². The Morgan fingerprint density at radius 3 is 2.19 bits per heavy atom. The number of anilines is 1. The maximum Gasteiger partial charge on any atom is 0.141 e. The van der Waals surface area contributed by atoms with E-state index in [1.165, 1.54) is 34.6 Å². The molecule has 2 N–H and O–H groups in total. The van der Waals surface area contributed by atoms with Gasteiger partial charge in [-0.3, -0.25) is 0 Å². The quantitative estimate of drug-likeness (QED) is 0.167. The van der Waals surface area contributed by atoms with Gasteiger partial charge in [-0.1, -0.05) is 46.6 Å². The summed E-state index contributed by atoms with van der Waals surface area (Å²) in [6.07, 6.45) is 22.4. The van der Waals surface area contributed by atoms with Gasteiger partial charge in [0.15, 0.2) is 0 Å². The topological polar surface area (TPSA) is 46.2 Å². The lowest BCUT2D eigenvalue weighted by molar-refractivity contribution is 0.379. The maximum absolute atomic E-state index is 13.2. The molecule has 202 valence electrons. The molecule has 0 amide bonds. The van der Waals surface area contributed by atoms with Gasteiger partial charge in [0.1, 0.15) is 24.2 Å². The first-order chi connectivity index (χ1) is 17.8. The molecule has 2 heterocycles. The summed E-state index contributed by atoms with van der Waals surface area (Å²) in [7, 11) is 0. The molecule has 0 aromatic carbocycles. The van der Waals surface area contributed by atoms with Gasteiger partial charge in [-0.25, -0.2) is 9.37 Å². The molecule has 0 saturated carbocycles. The minimum absolute atomic E-state index is 0.0305. The number of halogens is 1. The second-order valence-corrected chi connectivity index (χ2v) is 10.9. The van der Waals surface area contributed by atoms with Crippen LogP contribution in [0.5, 0.6) is 0 Å². The van der Waals surface area contributed by atoms with Crippen LogP contribution < -0.4 is 10.6 Å². The monoisotopic (exact) mass is 525 g/mol. The van der Waals surface area contributed by atoms with E-state index in [-0.39, 0.29) is 11.9 Å². The van der Waals surface area contributed by atoms with Gasteiger partial charge < -0.3 is 15.4 Å². The van der Waals surface area contributed by atoms with E-state index in [1.807, 2.05) is 11.8 Å². The largest absolute Gasteiger partial charge is 0.469 e. The molecule has 1 aromatic rings. The van der Waals surface area contributed by atoms with Crippen LogP contribution in [-0.2, 0) is 4.74 Å². The molecule has 0 fully saturated rings. The zero-order chi connectivity index (χ0) is 26.9. The molecule has 6 heteroatoms. The standard InChI is InChI=1S/C31H44FN3OS/c1-24(2)9-6-10-25(3)11-7-12-26(4)13-8-14-27(5)17-20-37-23-30(29-22-36-19-18-33-29)35-31-16-15-28(32)21-34-31/h9,11,13,15-19,21-22,30,33H,6-8,10,12,14,20,23H2,1-5H3,(H,34,35). The second-order valence-electron chi connectivity index (χ2n) is 9.80. The number of nitrogens with zero attached hydrogens (tertiary/aromatic N) is 1. The van der Waals surface area contributed by atoms with Crippen LogP contribution >= 0.6 is 11.8 Å². The minimum Gasteiger partial charge on any atom is -0.469 e. The van der Waals surface area contributed by atoms with Gasteiger partial charge >= 0.3 is 0 Å². The Morgan fingerprint density at radius 2 is 1.62 bits per heavy atom. The summed E-state index contributed by atoms with van der Waals surface area (Å²) < 4.78 is 18.5. The molecule has 1 atom stereocenters. The van der Waals surface area contributed by atoms with Crippen LogP contribution in [0.25, 0.3) is 0 Å². The van der Waals surface area contributed by atoms with Gasteiger partial charge in [-0.05, 0) is 85.3 Å². The van der Waals surface area contributed by atoms with E-state index in [2.05, 4.69) is 74.5 Å². The number of aromatic nitrogens is 1. The summed E-state index contributed by atoms with van der Waals surface area (Å²) in [5, 5.41) is 6.59. The summed E-state index contributed by atoms with van der Waals surface area (Å²) in [5.74, 6) is 2.04. The molecule has 1 unspecified atom stereocenters. The first-order valence-electron chi connectivity index (χ1n) is 13.2. The van der Waals surface area contributed by atoms with Gasteiger partial charge in [-0.2, -0.15) is 11.8 Å². The third-order valence-electron chi connectivity index (χ3n) is 6.00. The average Bonchev–Trinajstić information content (AvgIpc) is 2.87. The van der Waals surface area contributed by atoms with Crippen molar-refractivity contribution >= 4 is 17.6 Å². The number of hydrogen-bond donors (Lipinski definition) is 2. The van der Waals surface area contributed by atoms with Gasteiger partial charge in [0, 0.05) is 17.7 Å². The fourth-order valence-corrected chi connectivity index (χ4v) is 4.76. The molecule has 0 radical (unpaired) electrons. The van der Waals surface area contributed by atoms with Gasteiger partial charge in [0.2, 0.25) is 0 Å². The highest BCUT2D eigenvalue weighted by Gasteiger charge is 2.16. The zero-order valence-electron chi connectivity index (χ0n) is 23.1. The lowest BCUT2D eigenvalue weighted by Gasteiger charge is -2.23. The number of pyridine rings is 1. The van der Waals surface area contributed by atoms with E-state index in [0.717, 1.165) is 55.7 Å². The molecule has 37 heavy (non-hydrogen) atoms. The highest BCUT2D eigenvalue weighted by Crippen LogP contribution is 2.18. The number of hydrogen-bond acceptors (Lipinski definition) is 5. The normalized spacial score (nSPS) is 15.0. The Bertz CT molecular complexity index is 1000. The van der Waals surface area contributed by atoms with E-state index in [1.54, 1.807) is 24.8 Å². The second kappa shape index (κ2) is 17.7. The van der Waals surface area contributed by atoms with Crippen molar-refractivity contribution in [2.75, 3.05) is 16.8 Å². The molecule has 1 aromatic heterocycles. The van der Waals surface area contributed by atoms with Crippen molar-refractivity contribution in [3.8, 4) is 0 Å². The number of nitrogens with one attached hydrogen (secondary N) is 2. The fraction of sp³-hybridized carbons (Fsp3) is 0.452. The van der Waals surface area contributed by atoms with E-state index in [0.29, 0.717) is 5.82 Å². The van der Waals surface area contributed by atoms with E-state index in [9.17, 15) is 4.39 Å². The molecule has 1 aliphatic rings. The van der Waals surface area contributed by atoms with Crippen LogP contribution in [-0.4, -0.2) is 22.5 Å². The predicted molar refractivity (Wildman–Crippen MR) is 159 cm³/mol. The van der Waals surface area contributed by atoms with Crippen LogP contribution in [0.3, 0.4) is 0 Å². The first-order valence-corrected chi connectivity index (χ1v) is 14.3. The summed E-state index contributed by atoms with van der Waals surface area (Å²) in [4.78, 5) is 4.13. The number of thioether (sulfide) groups is 1. The maximum atomic E-state index is 13.2. The lowest BCUT2D eigenvalue weighted by Crippen LogP contribution is -2.32. The van der Waals surface area contributed by atoms with Crippen LogP contribution in [0, 0.1) is 5.82 Å². The summed E-state index contributed by atoms with van der Waals surface area (Å²) in [5.41, 5.74) is 6.70. The van der Waals surface area contributed by atoms with Gasteiger partial charge in [-0.15, -0.1) is 0 Å². The average molecular weight is 526 g/mol. The smallest absolute Gasteiger partial charge is 0.141 e. The zero-order valence-corrected chi connectivity index (χ0v) is 24.0. The highest BCUT2D eigenvalue weighted by atomic mass is 32.2. The van der Waals surface area contributed by atoms with Gasteiger partial charge in [0.25, 0.3) is 0 Å². The van der Waals surface area contributed by atoms with Crippen molar-refractivity contribution in [2.45, 2.75) is 79.2 Å². The Hall–Kier alpha value is -2.73. The van der Waals surface area contributed by atoms with E-state index >= 15 is 0 Å². The van der Waals surface area contributed by atoms with Gasteiger partial charge in [0.05, 0.1) is 17.9 Å². The van der Waals surface area contributed by atoms with E-state index < -0.39 is 0 Å². The van der Waals surface area contributed by atoms with Crippen molar-refractivity contribution in [3.05, 3.63) is 95.2 Å². The summed E-state index contributed by atoms with van der Waals surface area (Å²) >= 11 is 1.84. The molecular formula is C31H44FN3OS. The summed E-state index contributed by atoms with van der Waals surface area (Å²) in [6.45, 7) is 11.0. The predicted octanol–water partition coefficient (Wildman–Crippen LogP) is 8.81. The first kappa shape index (κ1) is 30.5. The van der Waals surface area contributed by atoms with Crippen molar-refractivity contribution in [3.63, 3.8) is 0 Å². The molecule has 0 saturated heterocycles. The number of ether oxygens (including phenoxy) is 1. The molecule has 0 spiro atoms. The Balaban J connectivity index is 1.71. The fourth-order valence-electron chi connectivity index (χ4n) is 3.72. The summed E-state index contributed by atoms with van der Waals surface area (Å²) in [6, 6.07) is 3.03. The molecular weight excluding hydrogens is 481 g/mol. The van der Waals surface area contributed by atoms with Crippen molar-refractivity contribution in [1.29, 1.82) is 0 Å². The SMILES string of the molecule is CC(C)=CCCC(C)=CCCC(C)=CCCC(C)=CCSCC(Nc1ccc(F)cn1)C1=COC=CN1. The van der Waals surface area contributed by atoms with Crippen LogP contribution in [0.2, 0.25) is 0 Å². The van der Waals surface area contributed by atoms with Crippen molar-refractivity contribution in [1.82, 2.24) is 10.3 Å². The Labute approximate surface area is 227 Å². The van der Waals surface area contributed by atoms with Crippen molar-refractivity contribution in [2.24, 2.45) is 0 Å². The third-order valence-corrected chi connectivity index (χ3v) is 6.98. The van der Waals surface area contributed by atoms with Crippen LogP contribution in [0.15, 0.2) is 89.3 Å². The van der Waals surface area contributed by atoms with Crippen LogP contribution in [0.4, 0.5) is 10.2 Å². The lowest BCUT2D eigenvalue weighted by atomic mass is 10.0. The Morgan fingerprint density at radius 1 is 0.973 bits per heavy atom. The van der Waals surface area contributed by atoms with Crippen LogP contribution in [0.1, 0.15) is 73.1 Å². The number of allylic oxidation sites excluding steroid dienone is 7. The molecule has 2 rings (SSSR count). The highest BCUT2D eigenvalue weighted by molar-refractivity contribution is 7.99. The minimum atomic E-state index is -0.346. The molecule has 0 bridgehead atoms.